The molecule has 0 aliphatic heterocycles. The molecule has 2 aromatic carbocycles. The van der Waals surface area contributed by atoms with Crippen LogP contribution in [0.4, 0.5) is 10.1 Å². The molecule has 4 aromatic rings. The molecule has 0 aliphatic rings. The molecule has 1 amide bonds. The van der Waals surface area contributed by atoms with Gasteiger partial charge in [-0.05, 0) is 47.4 Å². The second kappa shape index (κ2) is 9.41. The van der Waals surface area contributed by atoms with E-state index in [0.717, 1.165) is 14.8 Å². The van der Waals surface area contributed by atoms with Crippen LogP contribution in [0.3, 0.4) is 0 Å². The van der Waals surface area contributed by atoms with Crippen molar-refractivity contribution in [1.82, 2.24) is 9.97 Å². The molecule has 0 atom stereocenters. The number of halogens is 1. The first-order valence-corrected chi connectivity index (χ1v) is 11.4. The van der Waals surface area contributed by atoms with Gasteiger partial charge in [-0.15, -0.1) is 11.3 Å². The summed E-state index contributed by atoms with van der Waals surface area (Å²) in [5, 5.41) is 2.75. The molecule has 2 aromatic heterocycles. The van der Waals surface area contributed by atoms with Gasteiger partial charge >= 0.3 is 0 Å². The summed E-state index contributed by atoms with van der Waals surface area (Å²) in [5.74, 6) is -0.205. The molecule has 0 spiro atoms. The summed E-state index contributed by atoms with van der Waals surface area (Å²) in [6.07, 6.45) is 5.22. The third kappa shape index (κ3) is 5.18. The lowest BCUT2D eigenvalue weighted by molar-refractivity contribution is 0.103. The Kier molecular flexibility index (Phi) is 6.44. The van der Waals surface area contributed by atoms with Crippen LogP contribution in [0.25, 0.3) is 11.1 Å². The Labute approximate surface area is 188 Å². The number of nitrogens with one attached hydrogen (secondary N) is 1. The Morgan fingerprint density at radius 2 is 1.84 bits per heavy atom. The summed E-state index contributed by atoms with van der Waals surface area (Å²) in [6.45, 7) is 4.36. The smallest absolute Gasteiger partial charge is 0.267 e. The molecular weight excluding hydrogens is 429 g/mol. The van der Waals surface area contributed by atoms with Gasteiger partial charge in [-0.3, -0.25) is 9.78 Å². The fourth-order valence-electron chi connectivity index (χ4n) is 3.12. The maximum atomic E-state index is 13.0. The molecule has 2 heterocycles. The first-order valence-electron chi connectivity index (χ1n) is 9.74. The number of benzene rings is 2. The highest BCUT2D eigenvalue weighted by Gasteiger charge is 2.13. The molecule has 0 saturated heterocycles. The molecule has 31 heavy (non-hydrogen) atoms. The Bertz CT molecular complexity index is 1210. The van der Waals surface area contributed by atoms with Crippen LogP contribution in [-0.2, 0) is 0 Å². The van der Waals surface area contributed by atoms with E-state index in [1.165, 1.54) is 58.5 Å². The molecule has 0 fully saturated rings. The summed E-state index contributed by atoms with van der Waals surface area (Å²) in [6, 6.07) is 16.1. The van der Waals surface area contributed by atoms with Crippen LogP contribution in [-0.4, -0.2) is 15.9 Å². The number of hydrogen-bond acceptors (Lipinski definition) is 5. The van der Waals surface area contributed by atoms with Crippen molar-refractivity contribution in [2.24, 2.45) is 0 Å². The molecule has 0 unspecified atom stereocenters. The molecule has 0 bridgehead atoms. The van der Waals surface area contributed by atoms with E-state index in [2.05, 4.69) is 53.4 Å². The fourth-order valence-corrected chi connectivity index (χ4v) is 5.00. The predicted molar refractivity (Wildman–Crippen MR) is 124 cm³/mol. The van der Waals surface area contributed by atoms with Crippen molar-refractivity contribution in [1.29, 1.82) is 0 Å². The highest BCUT2D eigenvalue weighted by atomic mass is 32.2. The third-order valence-corrected chi connectivity index (χ3v) is 6.65. The summed E-state index contributed by atoms with van der Waals surface area (Å²) < 4.78 is 13.8. The van der Waals surface area contributed by atoms with Crippen molar-refractivity contribution in [2.75, 3.05) is 5.32 Å². The predicted octanol–water partition coefficient (Wildman–Crippen LogP) is 6.87. The second-order valence-corrected chi connectivity index (χ2v) is 9.56. The second-order valence-electron chi connectivity index (χ2n) is 7.20. The summed E-state index contributed by atoms with van der Waals surface area (Å²) in [7, 11) is 0. The number of nitrogens with zero attached hydrogens (tertiary/aromatic N) is 2. The van der Waals surface area contributed by atoms with E-state index in [1.54, 1.807) is 12.4 Å². The molecule has 0 radical (unpaired) electrons. The molecule has 0 saturated carbocycles. The minimum absolute atomic E-state index is 0.270. The minimum Gasteiger partial charge on any atom is -0.321 e. The normalized spacial score (nSPS) is 11.0. The van der Waals surface area contributed by atoms with Gasteiger partial charge in [0.1, 0.15) is 10.7 Å². The van der Waals surface area contributed by atoms with Crippen LogP contribution >= 0.6 is 23.1 Å². The van der Waals surface area contributed by atoms with Crippen molar-refractivity contribution in [3.63, 3.8) is 0 Å². The van der Waals surface area contributed by atoms with Crippen LogP contribution in [0.15, 0.2) is 82.4 Å². The summed E-state index contributed by atoms with van der Waals surface area (Å²) in [4.78, 5) is 22.7. The van der Waals surface area contributed by atoms with Crippen LogP contribution in [0.1, 0.15) is 35.0 Å². The van der Waals surface area contributed by atoms with E-state index >= 15 is 0 Å². The Morgan fingerprint density at radius 3 is 2.61 bits per heavy atom. The van der Waals surface area contributed by atoms with Gasteiger partial charge in [-0.1, -0.05) is 49.9 Å². The summed E-state index contributed by atoms with van der Waals surface area (Å²) >= 11 is 2.78. The van der Waals surface area contributed by atoms with Crippen LogP contribution in [0.2, 0.25) is 0 Å². The lowest BCUT2D eigenvalue weighted by Crippen LogP contribution is -2.09. The standard InChI is InChI=1S/C24H20FN3OS2/c1-15(2)20-5-3-4-6-21(20)16-11-19(13-26-12-16)30-24-27-14-22(31-24)23(29)28-18-9-7-17(25)8-10-18/h3-15H,1-2H3,(H,28,29). The zero-order valence-electron chi connectivity index (χ0n) is 17.0. The number of aromatic nitrogens is 2. The molecule has 7 heteroatoms. The average molecular weight is 450 g/mol. The Morgan fingerprint density at radius 1 is 1.06 bits per heavy atom. The Balaban J connectivity index is 1.50. The van der Waals surface area contributed by atoms with E-state index in [0.29, 0.717) is 16.5 Å². The molecule has 156 valence electrons. The van der Waals surface area contributed by atoms with Gasteiger partial charge in [-0.25, -0.2) is 9.37 Å². The number of pyridine rings is 1. The van der Waals surface area contributed by atoms with E-state index in [9.17, 15) is 9.18 Å². The van der Waals surface area contributed by atoms with Gasteiger partial charge in [0.25, 0.3) is 5.91 Å². The van der Waals surface area contributed by atoms with Crippen molar-refractivity contribution < 1.29 is 9.18 Å². The van der Waals surface area contributed by atoms with Gasteiger partial charge in [0, 0.05) is 28.5 Å². The quantitative estimate of drug-likeness (QED) is 0.349. The molecular formula is C24H20FN3OS2. The fraction of sp³-hybridized carbons (Fsp3) is 0.125. The van der Waals surface area contributed by atoms with E-state index < -0.39 is 0 Å². The van der Waals surface area contributed by atoms with Gasteiger partial charge in [-0.2, -0.15) is 0 Å². The number of carbonyl (C=O) groups is 1. The number of carbonyl (C=O) groups excluding carboxylic acids is 1. The number of anilines is 1. The van der Waals surface area contributed by atoms with E-state index in [1.807, 2.05) is 12.3 Å². The molecule has 1 N–H and O–H groups in total. The number of thiazole rings is 1. The van der Waals surface area contributed by atoms with Crippen LogP contribution in [0, 0.1) is 5.82 Å². The van der Waals surface area contributed by atoms with E-state index in [4.69, 9.17) is 0 Å². The van der Waals surface area contributed by atoms with Gasteiger partial charge in [0.05, 0.1) is 6.20 Å². The summed E-state index contributed by atoms with van der Waals surface area (Å²) in [5.41, 5.74) is 4.04. The van der Waals surface area contributed by atoms with Crippen molar-refractivity contribution in [2.45, 2.75) is 29.0 Å². The van der Waals surface area contributed by atoms with Gasteiger partial charge < -0.3 is 5.32 Å². The lowest BCUT2D eigenvalue weighted by Gasteiger charge is -2.13. The average Bonchev–Trinajstić information content (AvgIpc) is 3.24. The Hall–Kier alpha value is -3.03. The maximum Gasteiger partial charge on any atom is 0.267 e. The highest BCUT2D eigenvalue weighted by Crippen LogP contribution is 2.35. The first kappa shape index (κ1) is 21.2. The van der Waals surface area contributed by atoms with Gasteiger partial charge in [0.15, 0.2) is 4.34 Å². The van der Waals surface area contributed by atoms with Crippen molar-refractivity contribution in [3.8, 4) is 11.1 Å². The van der Waals surface area contributed by atoms with Crippen LogP contribution < -0.4 is 5.32 Å². The lowest BCUT2D eigenvalue weighted by atomic mass is 9.93. The minimum atomic E-state index is -0.346. The first-order chi connectivity index (χ1) is 15.0. The molecule has 0 aliphatic carbocycles. The topological polar surface area (TPSA) is 54.9 Å². The highest BCUT2D eigenvalue weighted by molar-refractivity contribution is 8.01. The van der Waals surface area contributed by atoms with Crippen LogP contribution in [0.5, 0.6) is 0 Å². The largest absolute Gasteiger partial charge is 0.321 e. The van der Waals surface area contributed by atoms with Crippen molar-refractivity contribution >= 4 is 34.7 Å². The third-order valence-electron chi connectivity index (χ3n) is 4.62. The number of hydrogen-bond donors (Lipinski definition) is 1. The monoisotopic (exact) mass is 449 g/mol. The zero-order valence-corrected chi connectivity index (χ0v) is 18.6. The van der Waals surface area contributed by atoms with E-state index in [-0.39, 0.29) is 11.7 Å². The maximum absolute atomic E-state index is 13.0. The number of rotatable bonds is 6. The number of amides is 1. The molecule has 4 rings (SSSR count). The van der Waals surface area contributed by atoms with Gasteiger partial charge in [0.2, 0.25) is 0 Å². The SMILES string of the molecule is CC(C)c1ccccc1-c1cncc(Sc2ncc(C(=O)Nc3ccc(F)cc3)s2)c1. The molecule has 4 nitrogen and oxygen atoms in total. The zero-order chi connectivity index (χ0) is 21.8. The van der Waals surface area contributed by atoms with Crippen molar-refractivity contribution in [3.05, 3.63) is 89.4 Å².